The fourth-order valence-corrected chi connectivity index (χ4v) is 0.619. The van der Waals surface area contributed by atoms with Crippen molar-refractivity contribution in [3.63, 3.8) is 0 Å². The van der Waals surface area contributed by atoms with Crippen LogP contribution in [0.25, 0.3) is 0 Å². The van der Waals surface area contributed by atoms with Crippen molar-refractivity contribution in [1.82, 2.24) is 4.98 Å². The summed E-state index contributed by atoms with van der Waals surface area (Å²) in [6, 6.07) is 2.36. The quantitative estimate of drug-likeness (QED) is 0.647. The molecule has 0 N–H and O–H groups in total. The van der Waals surface area contributed by atoms with Crippen LogP contribution >= 0.6 is 0 Å². The Morgan fingerprint density at radius 3 is 2.50 bits per heavy atom. The fraction of sp³-hybridized carbons (Fsp3) is 0.143. The lowest BCUT2D eigenvalue weighted by Crippen LogP contribution is -2.11. The Bertz CT molecular complexity index is 312. The molecule has 1 rings (SSSR count). The van der Waals surface area contributed by atoms with Gasteiger partial charge in [-0.3, -0.25) is 4.98 Å². The fourth-order valence-electron chi connectivity index (χ4n) is 0.619. The number of aromatic nitrogens is 1. The lowest BCUT2D eigenvalue weighted by atomic mass is 10.2. The van der Waals surface area contributed by atoms with Gasteiger partial charge in [-0.05, 0) is 12.1 Å². The van der Waals surface area contributed by atoms with Crippen molar-refractivity contribution in [3.05, 3.63) is 29.8 Å². The maximum absolute atomic E-state index is 12.5. The molecule has 1 heterocycles. The monoisotopic (exact) mass is 172 g/mol. The van der Waals surface area contributed by atoms with Gasteiger partial charge in [-0.1, -0.05) is 0 Å². The molecule has 0 aromatic carbocycles. The summed E-state index contributed by atoms with van der Waals surface area (Å²) in [6.07, 6.45) is 0.639. The van der Waals surface area contributed by atoms with Crippen molar-refractivity contribution in [1.29, 1.82) is 5.26 Å². The number of nitriles is 1. The average molecular weight is 172 g/mol. The molecule has 0 radical (unpaired) electrons. The Morgan fingerprint density at radius 2 is 2.08 bits per heavy atom. The van der Waals surface area contributed by atoms with E-state index in [-0.39, 0.29) is 0 Å². The van der Waals surface area contributed by atoms with E-state index in [2.05, 4.69) is 4.98 Å². The Morgan fingerprint density at radius 1 is 1.42 bits per heavy atom. The molecule has 0 aliphatic carbocycles. The summed E-state index contributed by atoms with van der Waals surface area (Å²) in [7, 11) is 0. The van der Waals surface area contributed by atoms with Crippen molar-refractivity contribution in [3.8, 4) is 6.07 Å². The molecule has 5 heteroatoms. The van der Waals surface area contributed by atoms with Gasteiger partial charge in [-0.15, -0.1) is 0 Å². The van der Waals surface area contributed by atoms with E-state index in [1.54, 1.807) is 0 Å². The summed E-state index contributed by atoms with van der Waals surface area (Å²) in [4.78, 5) is 3.07. The highest BCUT2D eigenvalue weighted by Crippen LogP contribution is 2.24. The molecule has 0 saturated heterocycles. The first kappa shape index (κ1) is 8.53. The predicted molar refractivity (Wildman–Crippen MR) is 33.7 cm³/mol. The molecule has 0 fully saturated rings. The van der Waals surface area contributed by atoms with Crippen molar-refractivity contribution < 1.29 is 13.2 Å². The maximum Gasteiger partial charge on any atom is 0.373 e. The second-order valence-corrected chi connectivity index (χ2v) is 2.05. The van der Waals surface area contributed by atoms with Crippen molar-refractivity contribution >= 4 is 0 Å². The molecule has 0 bridgehead atoms. The first-order valence-electron chi connectivity index (χ1n) is 2.97. The van der Waals surface area contributed by atoms with Gasteiger partial charge in [0.1, 0.15) is 17.6 Å². The van der Waals surface area contributed by atoms with Crippen LogP contribution < -0.4 is 0 Å². The predicted octanol–water partition coefficient (Wildman–Crippen LogP) is 1.84. The zero-order valence-electron chi connectivity index (χ0n) is 5.76. The Kier molecular flexibility index (Phi) is 2.00. The highest BCUT2D eigenvalue weighted by molar-refractivity contribution is 5.17. The van der Waals surface area contributed by atoms with Gasteiger partial charge in [0.25, 0.3) is 0 Å². The van der Waals surface area contributed by atoms with E-state index in [1.807, 2.05) is 0 Å². The summed E-state index contributed by atoms with van der Waals surface area (Å²) in [5, 5.41) is 7.98. The van der Waals surface area contributed by atoms with Gasteiger partial charge in [0.15, 0.2) is 0 Å². The third-order valence-corrected chi connectivity index (χ3v) is 1.19. The van der Waals surface area contributed by atoms with E-state index in [9.17, 15) is 13.2 Å². The Hall–Kier alpha value is -1.57. The largest absolute Gasteiger partial charge is 0.373 e. The van der Waals surface area contributed by atoms with Crippen LogP contribution in [0.1, 0.15) is 5.69 Å². The third-order valence-electron chi connectivity index (χ3n) is 1.19. The van der Waals surface area contributed by atoms with Crippen LogP contribution in [-0.2, 0) is 5.92 Å². The molecule has 0 atom stereocenters. The lowest BCUT2D eigenvalue weighted by molar-refractivity contribution is 0.0562. The number of halogens is 3. The molecule has 12 heavy (non-hydrogen) atoms. The van der Waals surface area contributed by atoms with E-state index in [0.29, 0.717) is 6.20 Å². The number of hydrogen-bond donors (Lipinski definition) is 0. The first-order chi connectivity index (χ1) is 5.56. The molecule has 0 spiro atoms. The van der Waals surface area contributed by atoms with Gasteiger partial charge in [0.05, 0.1) is 6.20 Å². The number of pyridine rings is 1. The topological polar surface area (TPSA) is 36.7 Å². The van der Waals surface area contributed by atoms with E-state index in [4.69, 9.17) is 5.26 Å². The normalized spacial score (nSPS) is 10.8. The smallest absolute Gasteiger partial charge is 0.251 e. The van der Waals surface area contributed by atoms with Crippen LogP contribution in [0.4, 0.5) is 13.2 Å². The molecule has 0 amide bonds. The summed E-state index contributed by atoms with van der Waals surface area (Å²) >= 11 is 0. The SMILES string of the molecule is N#CC(F)(F)c1ccc(F)cn1. The summed E-state index contributed by atoms with van der Waals surface area (Å²) in [5.41, 5.74) is -0.744. The molecule has 62 valence electrons. The summed E-state index contributed by atoms with van der Waals surface area (Å²) < 4.78 is 37.1. The highest BCUT2D eigenvalue weighted by Gasteiger charge is 2.32. The van der Waals surface area contributed by atoms with Gasteiger partial charge in [-0.25, -0.2) is 4.39 Å². The minimum absolute atomic E-state index is 0.639. The van der Waals surface area contributed by atoms with Crippen molar-refractivity contribution in [2.45, 2.75) is 5.92 Å². The number of rotatable bonds is 1. The zero-order valence-corrected chi connectivity index (χ0v) is 5.76. The van der Waals surface area contributed by atoms with Crippen LogP contribution in [-0.4, -0.2) is 4.98 Å². The van der Waals surface area contributed by atoms with Crippen molar-refractivity contribution in [2.75, 3.05) is 0 Å². The molecule has 1 aromatic heterocycles. The number of nitrogens with zero attached hydrogens (tertiary/aromatic N) is 2. The molecular formula is C7H3F3N2. The van der Waals surface area contributed by atoms with Gasteiger partial charge in [0.2, 0.25) is 0 Å². The number of alkyl halides is 2. The van der Waals surface area contributed by atoms with E-state index < -0.39 is 17.4 Å². The van der Waals surface area contributed by atoms with Crippen LogP contribution in [0.3, 0.4) is 0 Å². The molecule has 0 aliphatic heterocycles. The van der Waals surface area contributed by atoms with Gasteiger partial charge in [-0.2, -0.15) is 14.0 Å². The van der Waals surface area contributed by atoms with E-state index in [0.717, 1.165) is 18.2 Å². The standard InChI is InChI=1S/C7H3F3N2/c8-5-1-2-6(12-3-5)7(9,10)4-11/h1-3H. The van der Waals surface area contributed by atoms with Gasteiger partial charge >= 0.3 is 5.92 Å². The maximum atomic E-state index is 12.5. The first-order valence-corrected chi connectivity index (χ1v) is 2.97. The third kappa shape index (κ3) is 1.53. The molecule has 0 unspecified atom stereocenters. The van der Waals surface area contributed by atoms with Crippen LogP contribution in [0.2, 0.25) is 0 Å². The summed E-state index contributed by atoms with van der Waals surface area (Å²) in [5.74, 6) is -4.36. The second-order valence-electron chi connectivity index (χ2n) is 2.05. The molecular weight excluding hydrogens is 169 g/mol. The molecule has 0 saturated carbocycles. The zero-order chi connectivity index (χ0) is 9.19. The minimum Gasteiger partial charge on any atom is -0.251 e. The van der Waals surface area contributed by atoms with E-state index in [1.165, 1.54) is 0 Å². The highest BCUT2D eigenvalue weighted by atomic mass is 19.3. The van der Waals surface area contributed by atoms with Crippen LogP contribution in [0.5, 0.6) is 0 Å². The van der Waals surface area contributed by atoms with Gasteiger partial charge in [0, 0.05) is 0 Å². The molecule has 1 aromatic rings. The summed E-state index contributed by atoms with van der Waals surface area (Å²) in [6.45, 7) is 0. The molecule has 0 aliphatic rings. The van der Waals surface area contributed by atoms with Crippen LogP contribution in [0, 0.1) is 17.1 Å². The van der Waals surface area contributed by atoms with E-state index >= 15 is 0 Å². The van der Waals surface area contributed by atoms with Gasteiger partial charge < -0.3 is 0 Å². The lowest BCUT2D eigenvalue weighted by Gasteiger charge is -2.04. The second kappa shape index (κ2) is 2.81. The number of hydrogen-bond acceptors (Lipinski definition) is 2. The average Bonchev–Trinajstić information content (AvgIpc) is 2.05. The molecule has 2 nitrogen and oxygen atoms in total. The Labute approximate surface area is 66.3 Å². The minimum atomic E-state index is -3.65. The Balaban J connectivity index is 3.07. The van der Waals surface area contributed by atoms with Crippen LogP contribution in [0.15, 0.2) is 18.3 Å². The van der Waals surface area contributed by atoms with Crippen molar-refractivity contribution in [2.24, 2.45) is 0 Å².